The average Bonchev–Trinajstić information content (AvgIpc) is 3.26. The maximum atomic E-state index is 11.1. The molecular formula is C16H14ClN5O2. The van der Waals surface area contributed by atoms with E-state index in [4.69, 9.17) is 11.6 Å². The van der Waals surface area contributed by atoms with Crippen LogP contribution in [0.5, 0.6) is 0 Å². The highest BCUT2D eigenvalue weighted by molar-refractivity contribution is 6.33. The van der Waals surface area contributed by atoms with Crippen LogP contribution in [0.1, 0.15) is 12.8 Å². The van der Waals surface area contributed by atoms with E-state index in [-0.39, 0.29) is 5.82 Å². The number of anilines is 1. The fraction of sp³-hybridized carbons (Fsp3) is 0.250. The highest BCUT2D eigenvalue weighted by Crippen LogP contribution is 2.32. The van der Waals surface area contributed by atoms with Crippen molar-refractivity contribution in [2.75, 3.05) is 18.0 Å². The lowest BCUT2D eigenvalue weighted by Gasteiger charge is -2.19. The van der Waals surface area contributed by atoms with Crippen molar-refractivity contribution in [1.82, 2.24) is 20.1 Å². The molecule has 7 nitrogen and oxygen atoms in total. The summed E-state index contributed by atoms with van der Waals surface area (Å²) in [6, 6.07) is 7.63. The second kappa shape index (κ2) is 6.09. The first-order valence-corrected chi connectivity index (χ1v) is 8.02. The molecule has 0 bridgehead atoms. The Kier molecular flexibility index (Phi) is 3.78. The Labute approximate surface area is 142 Å². The van der Waals surface area contributed by atoms with Gasteiger partial charge in [-0.05, 0) is 31.0 Å². The fourth-order valence-corrected chi connectivity index (χ4v) is 3.17. The molecule has 1 aromatic carbocycles. The van der Waals surface area contributed by atoms with Gasteiger partial charge in [-0.2, -0.15) is 0 Å². The van der Waals surface area contributed by atoms with Crippen molar-refractivity contribution < 1.29 is 4.52 Å². The van der Waals surface area contributed by atoms with Gasteiger partial charge in [0, 0.05) is 18.7 Å². The number of rotatable bonds is 3. The van der Waals surface area contributed by atoms with Gasteiger partial charge in [-0.3, -0.25) is 9.51 Å². The van der Waals surface area contributed by atoms with Crippen molar-refractivity contribution in [1.29, 1.82) is 0 Å². The summed E-state index contributed by atoms with van der Waals surface area (Å²) in [6.45, 7) is 2.08. The van der Waals surface area contributed by atoms with Crippen LogP contribution in [-0.2, 0) is 0 Å². The van der Waals surface area contributed by atoms with E-state index in [1.165, 1.54) is 19.2 Å². The largest absolute Gasteiger partial charge is 0.439 e. The minimum atomic E-state index is -0.622. The number of hydrogen-bond acceptors (Lipinski definition) is 6. The van der Waals surface area contributed by atoms with Crippen LogP contribution in [0.4, 0.5) is 5.69 Å². The summed E-state index contributed by atoms with van der Waals surface area (Å²) in [5, 5.41) is 4.34. The standard InChI is InChI=1S/C16H14ClN5O2/c17-11-7-10(3-4-14(11)22-5-1-2-6-22)12-8-13(19-9-18-12)15-20-16(23)24-21-15/h3-4,7-9H,1-2,5-6H2,(H,20,21,23). The van der Waals surface area contributed by atoms with E-state index in [0.717, 1.165) is 24.3 Å². The van der Waals surface area contributed by atoms with Crippen LogP contribution in [0.15, 0.2) is 39.9 Å². The third-order valence-corrected chi connectivity index (χ3v) is 4.34. The Morgan fingerprint density at radius 2 is 1.92 bits per heavy atom. The maximum Gasteiger partial charge on any atom is 0.439 e. The number of H-pyrrole nitrogens is 1. The van der Waals surface area contributed by atoms with Gasteiger partial charge in [0.05, 0.1) is 16.4 Å². The van der Waals surface area contributed by atoms with Gasteiger partial charge in [0.1, 0.15) is 12.0 Å². The van der Waals surface area contributed by atoms with Crippen LogP contribution in [-0.4, -0.2) is 33.2 Å². The molecule has 3 heterocycles. The van der Waals surface area contributed by atoms with E-state index in [2.05, 4.69) is 29.5 Å². The SMILES string of the molecule is O=c1[nH]c(-c2cc(-c3ccc(N4CCCC4)c(Cl)c3)ncn2)no1. The molecule has 1 aliphatic heterocycles. The van der Waals surface area contributed by atoms with Gasteiger partial charge < -0.3 is 4.90 Å². The van der Waals surface area contributed by atoms with Crippen LogP contribution in [0.2, 0.25) is 5.02 Å². The Bertz CT molecular complexity index is 930. The zero-order valence-corrected chi connectivity index (χ0v) is 13.5. The van der Waals surface area contributed by atoms with Crippen LogP contribution >= 0.6 is 11.6 Å². The summed E-state index contributed by atoms with van der Waals surface area (Å²) in [6.07, 6.45) is 3.81. The number of hydrogen-bond donors (Lipinski definition) is 1. The lowest BCUT2D eigenvalue weighted by molar-refractivity contribution is 0.387. The summed E-state index contributed by atoms with van der Waals surface area (Å²) in [7, 11) is 0. The molecule has 122 valence electrons. The Morgan fingerprint density at radius 3 is 2.62 bits per heavy atom. The lowest BCUT2D eigenvalue weighted by atomic mass is 10.1. The average molecular weight is 344 g/mol. The molecule has 0 aliphatic carbocycles. The van der Waals surface area contributed by atoms with E-state index in [1.54, 1.807) is 6.07 Å². The topological polar surface area (TPSA) is 87.9 Å². The van der Waals surface area contributed by atoms with Crippen molar-refractivity contribution in [2.45, 2.75) is 12.8 Å². The van der Waals surface area contributed by atoms with E-state index in [9.17, 15) is 4.79 Å². The van der Waals surface area contributed by atoms with Gasteiger partial charge >= 0.3 is 5.76 Å². The molecule has 0 unspecified atom stereocenters. The Hall–Kier alpha value is -2.67. The molecule has 1 fully saturated rings. The third kappa shape index (κ3) is 2.78. The zero-order chi connectivity index (χ0) is 16.5. The molecule has 24 heavy (non-hydrogen) atoms. The second-order valence-electron chi connectivity index (χ2n) is 5.59. The van der Waals surface area contributed by atoms with E-state index >= 15 is 0 Å². The molecule has 8 heteroatoms. The number of aromatic amines is 1. The Morgan fingerprint density at radius 1 is 1.12 bits per heavy atom. The fourth-order valence-electron chi connectivity index (χ4n) is 2.87. The molecule has 1 N–H and O–H groups in total. The zero-order valence-electron chi connectivity index (χ0n) is 12.7. The Balaban J connectivity index is 1.68. The molecule has 4 rings (SSSR count). The molecular weight excluding hydrogens is 330 g/mol. The van der Waals surface area contributed by atoms with Crippen LogP contribution < -0.4 is 10.7 Å². The van der Waals surface area contributed by atoms with Gasteiger partial charge in [0.2, 0.25) is 5.82 Å². The van der Waals surface area contributed by atoms with Gasteiger partial charge in [0.15, 0.2) is 0 Å². The second-order valence-corrected chi connectivity index (χ2v) is 6.00. The van der Waals surface area contributed by atoms with E-state index in [0.29, 0.717) is 16.4 Å². The minimum absolute atomic E-state index is 0.267. The van der Waals surface area contributed by atoms with Crippen molar-refractivity contribution in [2.24, 2.45) is 0 Å². The monoisotopic (exact) mass is 343 g/mol. The summed E-state index contributed by atoms with van der Waals surface area (Å²) >= 11 is 6.46. The molecule has 0 amide bonds. The number of halogens is 1. The molecule has 0 radical (unpaired) electrons. The molecule has 2 aromatic heterocycles. The first-order valence-electron chi connectivity index (χ1n) is 7.64. The van der Waals surface area contributed by atoms with Gasteiger partial charge in [-0.15, -0.1) is 0 Å². The number of aromatic nitrogens is 4. The lowest BCUT2D eigenvalue weighted by Crippen LogP contribution is -2.17. The summed E-state index contributed by atoms with van der Waals surface area (Å²) in [5.74, 6) is -0.355. The van der Waals surface area contributed by atoms with Crippen molar-refractivity contribution in [3.8, 4) is 22.8 Å². The van der Waals surface area contributed by atoms with E-state index < -0.39 is 5.76 Å². The van der Waals surface area contributed by atoms with Crippen LogP contribution in [0, 0.1) is 0 Å². The molecule has 0 spiro atoms. The molecule has 1 saturated heterocycles. The van der Waals surface area contributed by atoms with Crippen molar-refractivity contribution in [3.05, 3.63) is 46.2 Å². The number of nitrogens with one attached hydrogen (secondary N) is 1. The molecule has 0 saturated carbocycles. The van der Waals surface area contributed by atoms with Gasteiger partial charge in [-0.1, -0.05) is 22.8 Å². The maximum absolute atomic E-state index is 11.1. The summed E-state index contributed by atoms with van der Waals surface area (Å²) < 4.78 is 4.51. The van der Waals surface area contributed by atoms with E-state index in [1.807, 2.05) is 18.2 Å². The molecule has 0 atom stereocenters. The predicted molar refractivity (Wildman–Crippen MR) is 90.0 cm³/mol. The smallest absolute Gasteiger partial charge is 0.370 e. The predicted octanol–water partition coefficient (Wildman–Crippen LogP) is 2.74. The van der Waals surface area contributed by atoms with Gasteiger partial charge in [0.25, 0.3) is 0 Å². The summed E-state index contributed by atoms with van der Waals surface area (Å²) in [5.41, 5.74) is 3.09. The van der Waals surface area contributed by atoms with Crippen molar-refractivity contribution >= 4 is 17.3 Å². The highest BCUT2D eigenvalue weighted by Gasteiger charge is 2.16. The summed E-state index contributed by atoms with van der Waals surface area (Å²) in [4.78, 5) is 24.2. The van der Waals surface area contributed by atoms with Gasteiger partial charge in [-0.25, -0.2) is 14.8 Å². The quantitative estimate of drug-likeness (QED) is 0.786. The molecule has 3 aromatic rings. The number of nitrogens with zero attached hydrogens (tertiary/aromatic N) is 4. The van der Waals surface area contributed by atoms with Crippen molar-refractivity contribution in [3.63, 3.8) is 0 Å². The first kappa shape index (κ1) is 14.9. The normalized spacial score (nSPS) is 14.3. The number of benzene rings is 1. The van der Waals surface area contributed by atoms with Crippen LogP contribution in [0.3, 0.4) is 0 Å². The van der Waals surface area contributed by atoms with Crippen LogP contribution in [0.25, 0.3) is 22.8 Å². The highest BCUT2D eigenvalue weighted by atomic mass is 35.5. The molecule has 1 aliphatic rings. The first-order chi connectivity index (χ1) is 11.7. The third-order valence-electron chi connectivity index (χ3n) is 4.04. The minimum Gasteiger partial charge on any atom is -0.370 e.